The van der Waals surface area contributed by atoms with Gasteiger partial charge < -0.3 is 31.0 Å². The van der Waals surface area contributed by atoms with E-state index in [1.807, 2.05) is 44.4 Å². The third-order valence-corrected chi connectivity index (χ3v) is 9.90. The van der Waals surface area contributed by atoms with E-state index in [1.165, 1.54) is 57.9 Å². The van der Waals surface area contributed by atoms with Gasteiger partial charge in [0.2, 0.25) is 15.9 Å². The van der Waals surface area contributed by atoms with Crippen molar-refractivity contribution in [2.75, 3.05) is 20.1 Å². The summed E-state index contributed by atoms with van der Waals surface area (Å²) >= 11 is 1.45. The summed E-state index contributed by atoms with van der Waals surface area (Å²) in [5.41, 5.74) is 1.95. The maximum atomic E-state index is 13.7. The summed E-state index contributed by atoms with van der Waals surface area (Å²) in [6, 6.07) is 11.9. The zero-order valence-corrected chi connectivity index (χ0v) is 28.8. The van der Waals surface area contributed by atoms with Crippen molar-refractivity contribution in [3.8, 4) is 0 Å². The van der Waals surface area contributed by atoms with Gasteiger partial charge >= 0.3 is 6.03 Å². The molecular formula is C32H44N6O7S2. The number of nitrogens with one attached hydrogen (secondary N) is 2. The molecule has 3 aromatic rings. The third-order valence-electron chi connectivity index (χ3n) is 7.23. The van der Waals surface area contributed by atoms with Crippen LogP contribution in [0.3, 0.4) is 0 Å². The predicted octanol–water partition coefficient (Wildman–Crippen LogP) is 2.59. The first-order valence-electron chi connectivity index (χ1n) is 15.1. The lowest BCUT2D eigenvalue weighted by Gasteiger charge is -2.32. The number of thiazole rings is 1. The summed E-state index contributed by atoms with van der Waals surface area (Å²) in [5, 5.41) is 41.8. The second-order valence-electron chi connectivity index (χ2n) is 11.8. The van der Waals surface area contributed by atoms with Crippen molar-refractivity contribution in [1.82, 2.24) is 24.8 Å². The van der Waals surface area contributed by atoms with Gasteiger partial charge in [0.15, 0.2) is 0 Å². The molecule has 1 aromatic heterocycles. The van der Waals surface area contributed by atoms with Crippen LogP contribution in [0.5, 0.6) is 0 Å². The van der Waals surface area contributed by atoms with E-state index in [1.54, 1.807) is 19.2 Å². The van der Waals surface area contributed by atoms with E-state index in [2.05, 4.69) is 20.8 Å². The predicted molar refractivity (Wildman–Crippen MR) is 180 cm³/mol. The Labute approximate surface area is 280 Å². The van der Waals surface area contributed by atoms with Crippen LogP contribution in [0.15, 0.2) is 70.0 Å². The number of carbonyl (C=O) groups excluding carboxylic acids is 2. The lowest BCUT2D eigenvalue weighted by Crippen LogP contribution is -2.59. The van der Waals surface area contributed by atoms with Crippen LogP contribution < -0.4 is 10.6 Å². The molecular weight excluding hydrogens is 645 g/mol. The molecule has 256 valence electrons. The fourth-order valence-corrected chi connectivity index (χ4v) is 7.05. The standard InChI is InChI=1S/C32H44N6O7S2/c1-21(2)17-38(47(44,45)27-13-11-25(12-14-27)16-33-43)19-29(40)28(15-24-9-7-6-8-10-24)35-31(41)30(22(3)39)36-32(42)37(5)18-26-20-46-23(4)34-26/h6-14,16,20-22,28-30,39-40,43H,15,17-19H2,1-5H3,(H,35,41)(H,36,42)/b33-16+/t22?,28-,29+,30?/m0/s1. The molecule has 0 aliphatic rings. The number of carbonyl (C=O) groups is 2. The van der Waals surface area contributed by atoms with Crippen LogP contribution in [-0.4, -0.2) is 101 Å². The van der Waals surface area contributed by atoms with Gasteiger partial charge in [0.05, 0.1) is 46.6 Å². The second kappa shape index (κ2) is 17.3. The number of nitrogens with zero attached hydrogens (tertiary/aromatic N) is 4. The highest BCUT2D eigenvalue weighted by atomic mass is 32.2. The third kappa shape index (κ3) is 11.1. The van der Waals surface area contributed by atoms with Crippen molar-refractivity contribution in [3.05, 3.63) is 81.8 Å². The summed E-state index contributed by atoms with van der Waals surface area (Å²) in [6.45, 7) is 6.85. The molecule has 3 amide bonds. The Morgan fingerprint density at radius 2 is 1.68 bits per heavy atom. The quantitative estimate of drug-likeness (QED) is 0.0864. The molecule has 0 aliphatic heterocycles. The number of rotatable bonds is 16. The van der Waals surface area contributed by atoms with Crippen LogP contribution >= 0.6 is 11.3 Å². The first kappa shape index (κ1) is 37.6. The van der Waals surface area contributed by atoms with Crippen molar-refractivity contribution in [2.24, 2.45) is 11.1 Å². The van der Waals surface area contributed by atoms with Gasteiger partial charge in [-0.05, 0) is 49.4 Å². The summed E-state index contributed by atoms with van der Waals surface area (Å²) in [4.78, 5) is 32.3. The zero-order chi connectivity index (χ0) is 34.7. The van der Waals surface area contributed by atoms with Crippen LogP contribution in [0, 0.1) is 12.8 Å². The molecule has 47 heavy (non-hydrogen) atoms. The molecule has 0 saturated carbocycles. The van der Waals surface area contributed by atoms with Gasteiger partial charge in [-0.2, -0.15) is 4.31 Å². The molecule has 1 heterocycles. The second-order valence-corrected chi connectivity index (χ2v) is 14.8. The molecule has 0 fully saturated rings. The number of oxime groups is 1. The molecule has 4 atom stereocenters. The van der Waals surface area contributed by atoms with E-state index in [-0.39, 0.29) is 36.9 Å². The van der Waals surface area contributed by atoms with Crippen LogP contribution in [-0.2, 0) is 27.8 Å². The molecule has 0 saturated heterocycles. The van der Waals surface area contributed by atoms with E-state index in [9.17, 15) is 28.2 Å². The minimum atomic E-state index is -4.09. The van der Waals surface area contributed by atoms with Gasteiger partial charge in [-0.1, -0.05) is 61.5 Å². The molecule has 2 aromatic carbocycles. The van der Waals surface area contributed by atoms with Crippen molar-refractivity contribution < 1.29 is 33.4 Å². The SMILES string of the molecule is Cc1nc(CN(C)C(=O)NC(C(=O)N[C@@H](Cc2ccccc2)[C@H](O)CN(CC(C)C)S(=O)(=O)c2ccc(/C=N/O)cc2)C(C)O)cs1. The first-order chi connectivity index (χ1) is 22.2. The molecule has 0 radical (unpaired) electrons. The number of aryl methyl sites for hydroxylation is 1. The Kier molecular flexibility index (Phi) is 13.8. The maximum absolute atomic E-state index is 13.7. The Bertz CT molecular complexity index is 1580. The van der Waals surface area contributed by atoms with Crippen molar-refractivity contribution >= 4 is 39.5 Å². The summed E-state index contributed by atoms with van der Waals surface area (Å²) in [5.74, 6) is -0.842. The van der Waals surface area contributed by atoms with Crippen LogP contribution in [0.4, 0.5) is 4.79 Å². The van der Waals surface area contributed by atoms with E-state index in [0.29, 0.717) is 11.3 Å². The lowest BCUT2D eigenvalue weighted by atomic mass is 10.00. The Morgan fingerprint density at radius 3 is 2.23 bits per heavy atom. The van der Waals surface area contributed by atoms with E-state index in [0.717, 1.165) is 10.6 Å². The highest BCUT2D eigenvalue weighted by Crippen LogP contribution is 2.20. The van der Waals surface area contributed by atoms with Crippen molar-refractivity contribution in [1.29, 1.82) is 0 Å². The normalized spacial score (nSPS) is 14.6. The van der Waals surface area contributed by atoms with Crippen LogP contribution in [0.1, 0.15) is 42.6 Å². The number of aliphatic hydroxyl groups is 2. The van der Waals surface area contributed by atoms with Crippen molar-refractivity contribution in [2.45, 2.75) is 69.8 Å². The Balaban J connectivity index is 1.84. The summed E-state index contributed by atoms with van der Waals surface area (Å²) in [7, 11) is -2.55. The summed E-state index contributed by atoms with van der Waals surface area (Å²) in [6.07, 6.45) is -1.36. The maximum Gasteiger partial charge on any atom is 0.318 e. The van der Waals surface area contributed by atoms with Gasteiger partial charge in [-0.15, -0.1) is 11.3 Å². The fraction of sp³-hybridized carbons (Fsp3) is 0.438. The van der Waals surface area contributed by atoms with Gasteiger partial charge in [0.1, 0.15) is 6.04 Å². The average Bonchev–Trinajstić information content (AvgIpc) is 3.43. The van der Waals surface area contributed by atoms with E-state index >= 15 is 0 Å². The monoisotopic (exact) mass is 688 g/mol. The molecule has 5 N–H and O–H groups in total. The molecule has 15 heteroatoms. The Hall–Kier alpha value is -3.89. The molecule has 0 bridgehead atoms. The molecule has 0 aliphatic carbocycles. The number of hydrogen-bond acceptors (Lipinski definition) is 10. The van der Waals surface area contributed by atoms with Crippen LogP contribution in [0.2, 0.25) is 0 Å². The lowest BCUT2D eigenvalue weighted by molar-refractivity contribution is -0.127. The molecule has 13 nitrogen and oxygen atoms in total. The highest BCUT2D eigenvalue weighted by Gasteiger charge is 2.34. The largest absolute Gasteiger partial charge is 0.411 e. The molecule has 3 rings (SSSR count). The van der Waals surface area contributed by atoms with Gasteiger partial charge in [-0.25, -0.2) is 18.2 Å². The number of urea groups is 1. The number of sulfonamides is 1. The number of aromatic nitrogens is 1. The topological polar surface area (TPSA) is 185 Å². The average molecular weight is 689 g/mol. The fourth-order valence-electron chi connectivity index (χ4n) is 4.82. The van der Waals surface area contributed by atoms with Gasteiger partial charge in [-0.3, -0.25) is 4.79 Å². The molecule has 0 spiro atoms. The number of amides is 3. The summed E-state index contributed by atoms with van der Waals surface area (Å²) < 4.78 is 28.7. The first-order valence-corrected chi connectivity index (χ1v) is 17.4. The number of benzene rings is 2. The van der Waals surface area contributed by atoms with E-state index in [4.69, 9.17) is 5.21 Å². The number of hydrogen-bond donors (Lipinski definition) is 5. The van der Waals surface area contributed by atoms with Crippen molar-refractivity contribution in [3.63, 3.8) is 0 Å². The smallest absolute Gasteiger partial charge is 0.318 e. The number of aliphatic hydroxyl groups excluding tert-OH is 2. The van der Waals surface area contributed by atoms with Crippen LogP contribution in [0.25, 0.3) is 0 Å². The minimum absolute atomic E-state index is 0.0158. The highest BCUT2D eigenvalue weighted by molar-refractivity contribution is 7.89. The minimum Gasteiger partial charge on any atom is -0.411 e. The van der Waals surface area contributed by atoms with E-state index < -0.39 is 46.3 Å². The van der Waals surface area contributed by atoms with Gasteiger partial charge in [0.25, 0.3) is 0 Å². The Morgan fingerprint density at radius 1 is 1.02 bits per heavy atom. The zero-order valence-electron chi connectivity index (χ0n) is 27.1. The molecule has 2 unspecified atom stereocenters. The van der Waals surface area contributed by atoms with Gasteiger partial charge in [0, 0.05) is 25.5 Å².